The lowest BCUT2D eigenvalue weighted by molar-refractivity contribution is 0.658. The lowest BCUT2D eigenvalue weighted by atomic mass is 9.83. The van der Waals surface area contributed by atoms with Gasteiger partial charge in [-0.05, 0) is 35.4 Å². The van der Waals surface area contributed by atoms with Gasteiger partial charge in [0, 0.05) is 17.8 Å². The van der Waals surface area contributed by atoms with Gasteiger partial charge in [-0.3, -0.25) is 9.97 Å². The van der Waals surface area contributed by atoms with E-state index >= 15 is 0 Å². The first-order chi connectivity index (χ1) is 10.2. The largest absolute Gasteiger partial charge is 0.255 e. The van der Waals surface area contributed by atoms with Crippen molar-refractivity contribution in [1.82, 2.24) is 15.0 Å². The Balaban J connectivity index is 1.96. The highest BCUT2D eigenvalue weighted by Gasteiger charge is 2.37. The summed E-state index contributed by atoms with van der Waals surface area (Å²) in [5, 5.41) is 0. The third kappa shape index (κ3) is 1.70. The molecule has 3 nitrogen and oxygen atoms in total. The predicted octanol–water partition coefficient (Wildman–Crippen LogP) is 3.84. The molecular weight excluding hydrogens is 258 g/mol. The van der Waals surface area contributed by atoms with Gasteiger partial charge in [-0.2, -0.15) is 0 Å². The molecule has 3 aromatic heterocycles. The van der Waals surface area contributed by atoms with Gasteiger partial charge in [0.1, 0.15) is 0 Å². The third-order valence-electron chi connectivity index (χ3n) is 4.20. The fourth-order valence-corrected chi connectivity index (χ4v) is 3.04. The van der Waals surface area contributed by atoms with Crippen molar-refractivity contribution in [2.75, 3.05) is 0 Å². The molecule has 1 aliphatic rings. The number of aromatic nitrogens is 3. The molecule has 0 fully saturated rings. The first-order valence-corrected chi connectivity index (χ1v) is 7.07. The highest BCUT2D eigenvalue weighted by molar-refractivity contribution is 5.76. The van der Waals surface area contributed by atoms with Crippen LogP contribution in [0.25, 0.3) is 22.8 Å². The second-order valence-corrected chi connectivity index (χ2v) is 5.83. The second kappa shape index (κ2) is 4.22. The molecule has 3 heteroatoms. The summed E-state index contributed by atoms with van der Waals surface area (Å²) in [5.41, 5.74) is 6.19. The molecule has 0 unspecified atom stereocenters. The van der Waals surface area contributed by atoms with E-state index < -0.39 is 0 Å². The van der Waals surface area contributed by atoms with E-state index in [1.807, 2.05) is 30.5 Å². The Kier molecular flexibility index (Phi) is 2.45. The summed E-state index contributed by atoms with van der Waals surface area (Å²) in [6.45, 7) is 4.45. The van der Waals surface area contributed by atoms with Crippen LogP contribution in [0.2, 0.25) is 0 Å². The molecule has 0 bridgehead atoms. The third-order valence-corrected chi connectivity index (χ3v) is 4.20. The van der Waals surface area contributed by atoms with Gasteiger partial charge in [0.25, 0.3) is 0 Å². The molecule has 0 atom stereocenters. The molecule has 0 aliphatic heterocycles. The predicted molar refractivity (Wildman–Crippen MR) is 82.8 cm³/mol. The van der Waals surface area contributed by atoms with Gasteiger partial charge in [-0.15, -0.1) is 0 Å². The molecule has 3 aromatic rings. The molecule has 102 valence electrons. The monoisotopic (exact) mass is 273 g/mol. The molecule has 21 heavy (non-hydrogen) atoms. The number of pyridine rings is 3. The lowest BCUT2D eigenvalue weighted by Gasteiger charge is -2.20. The average Bonchev–Trinajstić information content (AvgIpc) is 2.77. The van der Waals surface area contributed by atoms with E-state index in [0.717, 1.165) is 22.8 Å². The Morgan fingerprint density at radius 3 is 2.33 bits per heavy atom. The quantitative estimate of drug-likeness (QED) is 0.676. The lowest BCUT2D eigenvalue weighted by Crippen LogP contribution is -2.15. The van der Waals surface area contributed by atoms with Crippen molar-refractivity contribution in [2.24, 2.45) is 0 Å². The summed E-state index contributed by atoms with van der Waals surface area (Å²) in [5.74, 6) is 0. The zero-order valence-corrected chi connectivity index (χ0v) is 12.0. The molecule has 0 aromatic carbocycles. The molecule has 4 rings (SSSR count). The van der Waals surface area contributed by atoms with Crippen molar-refractivity contribution in [2.45, 2.75) is 19.3 Å². The summed E-state index contributed by atoms with van der Waals surface area (Å²) < 4.78 is 0. The summed E-state index contributed by atoms with van der Waals surface area (Å²) in [7, 11) is 0. The standard InChI is InChI=1S/C18H15N3/c1-18(2)12-6-5-11-20-16(12)17-13(18)8-9-15(21-17)14-7-3-4-10-19-14/h3-11H,1-2H3. The van der Waals surface area contributed by atoms with Crippen LogP contribution in [-0.4, -0.2) is 15.0 Å². The molecule has 1 aliphatic carbocycles. The number of hydrogen-bond donors (Lipinski definition) is 0. The van der Waals surface area contributed by atoms with E-state index in [0.29, 0.717) is 0 Å². The average molecular weight is 273 g/mol. The van der Waals surface area contributed by atoms with Crippen LogP contribution in [0.5, 0.6) is 0 Å². The molecule has 0 amide bonds. The van der Waals surface area contributed by atoms with Gasteiger partial charge >= 0.3 is 0 Å². The Morgan fingerprint density at radius 2 is 1.52 bits per heavy atom. The van der Waals surface area contributed by atoms with E-state index in [1.165, 1.54) is 11.1 Å². The first-order valence-electron chi connectivity index (χ1n) is 7.07. The molecule has 0 radical (unpaired) electrons. The highest BCUT2D eigenvalue weighted by atomic mass is 14.8. The number of fused-ring (bicyclic) bond motifs is 3. The molecule has 0 spiro atoms. The zero-order valence-electron chi connectivity index (χ0n) is 12.0. The van der Waals surface area contributed by atoms with Crippen LogP contribution >= 0.6 is 0 Å². The second-order valence-electron chi connectivity index (χ2n) is 5.83. The van der Waals surface area contributed by atoms with E-state index in [2.05, 4.69) is 42.0 Å². The van der Waals surface area contributed by atoms with Gasteiger partial charge in [0.2, 0.25) is 0 Å². The highest BCUT2D eigenvalue weighted by Crippen LogP contribution is 2.46. The van der Waals surface area contributed by atoms with Gasteiger partial charge in [0.15, 0.2) is 0 Å². The normalized spacial score (nSPS) is 14.6. The molecule has 0 saturated carbocycles. The van der Waals surface area contributed by atoms with Crippen LogP contribution in [-0.2, 0) is 5.41 Å². The number of hydrogen-bond acceptors (Lipinski definition) is 3. The van der Waals surface area contributed by atoms with Crippen molar-refractivity contribution in [3.63, 3.8) is 0 Å². The Bertz CT molecular complexity index is 823. The maximum absolute atomic E-state index is 4.84. The number of rotatable bonds is 1. The summed E-state index contributed by atoms with van der Waals surface area (Å²) in [6, 6.07) is 14.2. The topological polar surface area (TPSA) is 38.7 Å². The molecular formula is C18H15N3. The summed E-state index contributed by atoms with van der Waals surface area (Å²) >= 11 is 0. The van der Waals surface area contributed by atoms with E-state index in [4.69, 9.17) is 4.98 Å². The van der Waals surface area contributed by atoms with Crippen LogP contribution in [0.3, 0.4) is 0 Å². The van der Waals surface area contributed by atoms with Crippen LogP contribution in [0.15, 0.2) is 54.9 Å². The summed E-state index contributed by atoms with van der Waals surface area (Å²) in [6.07, 6.45) is 3.62. The maximum Gasteiger partial charge on any atom is 0.0938 e. The SMILES string of the molecule is CC1(C)c2cccnc2-c2nc(-c3ccccn3)ccc21. The van der Waals surface area contributed by atoms with Gasteiger partial charge in [-0.25, -0.2) is 4.98 Å². The fourth-order valence-electron chi connectivity index (χ4n) is 3.04. The van der Waals surface area contributed by atoms with Crippen molar-refractivity contribution in [3.05, 3.63) is 66.0 Å². The Hall–Kier alpha value is -2.55. The smallest absolute Gasteiger partial charge is 0.0938 e. The van der Waals surface area contributed by atoms with E-state index in [9.17, 15) is 0 Å². The minimum Gasteiger partial charge on any atom is -0.255 e. The van der Waals surface area contributed by atoms with Crippen LogP contribution in [0, 0.1) is 0 Å². The van der Waals surface area contributed by atoms with E-state index in [-0.39, 0.29) is 5.41 Å². The van der Waals surface area contributed by atoms with Crippen molar-refractivity contribution >= 4 is 0 Å². The molecule has 0 saturated heterocycles. The van der Waals surface area contributed by atoms with E-state index in [1.54, 1.807) is 6.20 Å². The van der Waals surface area contributed by atoms with Gasteiger partial charge in [-0.1, -0.05) is 32.0 Å². The number of nitrogens with zero attached hydrogens (tertiary/aromatic N) is 3. The summed E-state index contributed by atoms with van der Waals surface area (Å²) in [4.78, 5) is 13.8. The van der Waals surface area contributed by atoms with Crippen LogP contribution in [0.4, 0.5) is 0 Å². The van der Waals surface area contributed by atoms with Crippen molar-refractivity contribution in [3.8, 4) is 22.8 Å². The minimum absolute atomic E-state index is 0.0471. The minimum atomic E-state index is -0.0471. The Morgan fingerprint density at radius 1 is 0.714 bits per heavy atom. The zero-order chi connectivity index (χ0) is 14.4. The van der Waals surface area contributed by atoms with Gasteiger partial charge in [0.05, 0.1) is 22.8 Å². The first kappa shape index (κ1) is 12.2. The van der Waals surface area contributed by atoms with Crippen LogP contribution < -0.4 is 0 Å². The van der Waals surface area contributed by atoms with Crippen molar-refractivity contribution < 1.29 is 0 Å². The maximum atomic E-state index is 4.84. The Labute approximate surface area is 123 Å². The molecule has 3 heterocycles. The van der Waals surface area contributed by atoms with Crippen molar-refractivity contribution in [1.29, 1.82) is 0 Å². The molecule has 0 N–H and O–H groups in total. The fraction of sp³-hybridized carbons (Fsp3) is 0.167. The van der Waals surface area contributed by atoms with Gasteiger partial charge < -0.3 is 0 Å². The van der Waals surface area contributed by atoms with Crippen LogP contribution in [0.1, 0.15) is 25.0 Å².